The molecular weight excluding hydrogens is 208 g/mol. The molecule has 0 aliphatic heterocycles. The molecule has 1 aromatic carbocycles. The van der Waals surface area contributed by atoms with Gasteiger partial charge in [0.1, 0.15) is 5.75 Å². The summed E-state index contributed by atoms with van der Waals surface area (Å²) < 4.78 is 5.60. The largest absolute Gasteiger partial charge is 0.494 e. The molecule has 84 valence electrons. The van der Waals surface area contributed by atoms with Crippen LogP contribution in [-0.4, -0.2) is 12.0 Å². The van der Waals surface area contributed by atoms with Gasteiger partial charge in [-0.3, -0.25) is 0 Å². The molecule has 0 radical (unpaired) electrons. The standard InChI is InChI=1S/C13H19ClO/c1-4-15-13-8-6-5-7-12(13)10(2)9-11(3)14/h5-8,10-11H,4,9H2,1-3H3. The third kappa shape index (κ3) is 3.75. The average molecular weight is 227 g/mol. The van der Waals surface area contributed by atoms with Gasteiger partial charge in [0, 0.05) is 5.38 Å². The molecule has 15 heavy (non-hydrogen) atoms. The van der Waals surface area contributed by atoms with Crippen molar-refractivity contribution in [2.45, 2.75) is 38.5 Å². The Morgan fingerprint density at radius 2 is 1.93 bits per heavy atom. The number of rotatable bonds is 5. The molecular formula is C13H19ClO. The predicted molar refractivity (Wildman–Crippen MR) is 66.0 cm³/mol. The van der Waals surface area contributed by atoms with Crippen LogP contribution in [0.15, 0.2) is 24.3 Å². The number of alkyl halides is 1. The van der Waals surface area contributed by atoms with Crippen LogP contribution in [0.4, 0.5) is 0 Å². The monoisotopic (exact) mass is 226 g/mol. The van der Waals surface area contributed by atoms with Crippen LogP contribution in [0.1, 0.15) is 38.7 Å². The molecule has 0 spiro atoms. The topological polar surface area (TPSA) is 9.23 Å². The van der Waals surface area contributed by atoms with Crippen molar-refractivity contribution in [3.63, 3.8) is 0 Å². The molecule has 0 fully saturated rings. The first-order valence-electron chi connectivity index (χ1n) is 5.51. The van der Waals surface area contributed by atoms with Gasteiger partial charge in [0.15, 0.2) is 0 Å². The zero-order valence-corrected chi connectivity index (χ0v) is 10.4. The van der Waals surface area contributed by atoms with Gasteiger partial charge in [-0.15, -0.1) is 11.6 Å². The molecule has 1 rings (SSSR count). The lowest BCUT2D eigenvalue weighted by Crippen LogP contribution is -2.04. The number of benzene rings is 1. The van der Waals surface area contributed by atoms with Crippen molar-refractivity contribution in [1.82, 2.24) is 0 Å². The lowest BCUT2D eigenvalue weighted by Gasteiger charge is -2.17. The van der Waals surface area contributed by atoms with E-state index in [9.17, 15) is 0 Å². The van der Waals surface area contributed by atoms with Crippen molar-refractivity contribution >= 4 is 11.6 Å². The highest BCUT2D eigenvalue weighted by molar-refractivity contribution is 6.20. The third-order valence-electron chi connectivity index (χ3n) is 2.43. The average Bonchev–Trinajstić information content (AvgIpc) is 2.18. The Hall–Kier alpha value is -0.690. The van der Waals surface area contributed by atoms with Gasteiger partial charge in [0.05, 0.1) is 6.61 Å². The first kappa shape index (κ1) is 12.4. The van der Waals surface area contributed by atoms with Crippen molar-refractivity contribution in [2.75, 3.05) is 6.61 Å². The minimum absolute atomic E-state index is 0.203. The van der Waals surface area contributed by atoms with Crippen molar-refractivity contribution in [3.8, 4) is 5.75 Å². The molecule has 0 bridgehead atoms. The van der Waals surface area contributed by atoms with Crippen LogP contribution < -0.4 is 4.74 Å². The van der Waals surface area contributed by atoms with Gasteiger partial charge in [-0.1, -0.05) is 25.1 Å². The minimum Gasteiger partial charge on any atom is -0.494 e. The first-order valence-corrected chi connectivity index (χ1v) is 5.94. The second-order valence-electron chi connectivity index (χ2n) is 3.89. The summed E-state index contributed by atoms with van der Waals surface area (Å²) in [4.78, 5) is 0. The second-order valence-corrected chi connectivity index (χ2v) is 4.63. The molecule has 0 N–H and O–H groups in total. The number of hydrogen-bond donors (Lipinski definition) is 0. The molecule has 1 aromatic rings. The van der Waals surface area contributed by atoms with E-state index in [1.165, 1.54) is 5.56 Å². The number of hydrogen-bond acceptors (Lipinski definition) is 1. The molecule has 0 saturated carbocycles. The Bertz CT molecular complexity index is 296. The van der Waals surface area contributed by atoms with Crippen molar-refractivity contribution in [2.24, 2.45) is 0 Å². The van der Waals surface area contributed by atoms with Gasteiger partial charge in [-0.25, -0.2) is 0 Å². The maximum atomic E-state index is 6.01. The predicted octanol–water partition coefficient (Wildman–Crippen LogP) is 4.21. The zero-order chi connectivity index (χ0) is 11.3. The molecule has 0 aliphatic rings. The lowest BCUT2D eigenvalue weighted by atomic mass is 9.95. The van der Waals surface area contributed by atoms with E-state index in [0.717, 1.165) is 12.2 Å². The summed E-state index contributed by atoms with van der Waals surface area (Å²) in [7, 11) is 0. The highest BCUT2D eigenvalue weighted by Gasteiger charge is 2.13. The van der Waals surface area contributed by atoms with E-state index >= 15 is 0 Å². The van der Waals surface area contributed by atoms with Crippen LogP contribution in [0.25, 0.3) is 0 Å². The molecule has 0 aliphatic carbocycles. The Labute approximate surface area is 97.4 Å². The quantitative estimate of drug-likeness (QED) is 0.684. The molecule has 0 heterocycles. The van der Waals surface area contributed by atoms with E-state index in [-0.39, 0.29) is 5.38 Å². The highest BCUT2D eigenvalue weighted by Crippen LogP contribution is 2.30. The molecule has 0 aromatic heterocycles. The van der Waals surface area contributed by atoms with E-state index in [0.29, 0.717) is 12.5 Å². The molecule has 1 nitrogen and oxygen atoms in total. The Morgan fingerprint density at radius 3 is 2.53 bits per heavy atom. The Kier molecular flexibility index (Phi) is 4.97. The Morgan fingerprint density at radius 1 is 1.27 bits per heavy atom. The fourth-order valence-corrected chi connectivity index (χ4v) is 2.06. The Balaban J connectivity index is 2.81. The molecule has 2 unspecified atom stereocenters. The molecule has 2 heteroatoms. The van der Waals surface area contributed by atoms with E-state index in [1.807, 2.05) is 32.0 Å². The van der Waals surface area contributed by atoms with Gasteiger partial charge < -0.3 is 4.74 Å². The van der Waals surface area contributed by atoms with Crippen LogP contribution in [0.3, 0.4) is 0 Å². The van der Waals surface area contributed by atoms with Crippen LogP contribution >= 0.6 is 11.6 Å². The normalized spacial score (nSPS) is 14.7. The fraction of sp³-hybridized carbons (Fsp3) is 0.538. The number of ether oxygens (including phenoxy) is 1. The van der Waals surface area contributed by atoms with Crippen molar-refractivity contribution < 1.29 is 4.74 Å². The van der Waals surface area contributed by atoms with E-state index in [4.69, 9.17) is 16.3 Å². The van der Waals surface area contributed by atoms with Gasteiger partial charge in [-0.2, -0.15) is 0 Å². The van der Waals surface area contributed by atoms with Crippen LogP contribution in [0, 0.1) is 0 Å². The number of halogens is 1. The van der Waals surface area contributed by atoms with Gasteiger partial charge in [0.2, 0.25) is 0 Å². The zero-order valence-electron chi connectivity index (χ0n) is 9.66. The van der Waals surface area contributed by atoms with Gasteiger partial charge in [0.25, 0.3) is 0 Å². The van der Waals surface area contributed by atoms with Gasteiger partial charge in [-0.05, 0) is 37.8 Å². The smallest absolute Gasteiger partial charge is 0.122 e. The third-order valence-corrected chi connectivity index (χ3v) is 2.61. The molecule has 0 saturated heterocycles. The summed E-state index contributed by atoms with van der Waals surface area (Å²) in [5.41, 5.74) is 1.26. The fourth-order valence-electron chi connectivity index (χ4n) is 1.79. The summed E-state index contributed by atoms with van der Waals surface area (Å²) in [5, 5.41) is 0.203. The molecule has 2 atom stereocenters. The summed E-state index contributed by atoms with van der Waals surface area (Å²) in [6.07, 6.45) is 0.978. The van der Waals surface area contributed by atoms with Crippen molar-refractivity contribution in [1.29, 1.82) is 0 Å². The van der Waals surface area contributed by atoms with Crippen LogP contribution in [-0.2, 0) is 0 Å². The van der Waals surface area contributed by atoms with Gasteiger partial charge >= 0.3 is 0 Å². The first-order chi connectivity index (χ1) is 7.15. The second kappa shape index (κ2) is 6.02. The summed E-state index contributed by atoms with van der Waals surface area (Å²) in [6.45, 7) is 6.93. The maximum Gasteiger partial charge on any atom is 0.122 e. The molecule has 0 amide bonds. The van der Waals surface area contributed by atoms with Crippen molar-refractivity contribution in [3.05, 3.63) is 29.8 Å². The summed E-state index contributed by atoms with van der Waals surface area (Å²) in [5.74, 6) is 1.44. The lowest BCUT2D eigenvalue weighted by molar-refractivity contribution is 0.334. The van der Waals surface area contributed by atoms with Crippen LogP contribution in [0.2, 0.25) is 0 Å². The highest BCUT2D eigenvalue weighted by atomic mass is 35.5. The van der Waals surface area contributed by atoms with Crippen LogP contribution in [0.5, 0.6) is 5.75 Å². The summed E-state index contributed by atoms with van der Waals surface area (Å²) in [6, 6.07) is 8.20. The maximum absolute atomic E-state index is 6.01. The van der Waals surface area contributed by atoms with E-state index in [2.05, 4.69) is 13.0 Å². The van der Waals surface area contributed by atoms with E-state index < -0.39 is 0 Å². The van der Waals surface area contributed by atoms with E-state index in [1.54, 1.807) is 0 Å². The number of para-hydroxylation sites is 1. The SMILES string of the molecule is CCOc1ccccc1C(C)CC(C)Cl. The minimum atomic E-state index is 0.203. The summed E-state index contributed by atoms with van der Waals surface area (Å²) >= 11 is 6.01.